The molecule has 15 heavy (non-hydrogen) atoms. The highest BCUT2D eigenvalue weighted by Crippen LogP contribution is 2.12. The molecule has 0 aliphatic rings. The van der Waals surface area contributed by atoms with Crippen LogP contribution in [0, 0.1) is 17.1 Å². The van der Waals surface area contributed by atoms with E-state index in [0.29, 0.717) is 0 Å². The van der Waals surface area contributed by atoms with Gasteiger partial charge in [0.1, 0.15) is 5.82 Å². The van der Waals surface area contributed by atoms with Gasteiger partial charge in [0.25, 0.3) is 0 Å². The van der Waals surface area contributed by atoms with E-state index < -0.39 is 21.1 Å². The predicted molar refractivity (Wildman–Crippen MR) is 54.0 cm³/mol. The quantitative estimate of drug-likeness (QED) is 0.851. The Hall–Kier alpha value is -1.61. The van der Waals surface area contributed by atoms with Crippen LogP contribution in [-0.2, 0) is 10.0 Å². The van der Waals surface area contributed by atoms with Crippen molar-refractivity contribution in [3.05, 3.63) is 30.1 Å². The molecule has 1 aromatic rings. The summed E-state index contributed by atoms with van der Waals surface area (Å²) in [5, 5.41) is 7.31. The number of hydrogen-bond acceptors (Lipinski definition) is 3. The van der Waals surface area contributed by atoms with Crippen LogP contribution in [0.1, 0.15) is 6.92 Å². The molecule has 1 unspecified atom stereocenters. The fraction of sp³-hybridized carbons (Fsp3) is 0.222. The van der Waals surface area contributed by atoms with Crippen molar-refractivity contribution in [2.45, 2.75) is 12.2 Å². The average Bonchev–Trinajstić information content (AvgIpc) is 2.20. The zero-order valence-electron chi connectivity index (χ0n) is 7.94. The highest BCUT2D eigenvalue weighted by molar-refractivity contribution is 7.93. The molecule has 0 spiro atoms. The highest BCUT2D eigenvalue weighted by atomic mass is 32.2. The Morgan fingerprint density at radius 3 is 2.40 bits per heavy atom. The fourth-order valence-corrected chi connectivity index (χ4v) is 1.62. The molecule has 0 bridgehead atoms. The molecule has 1 N–H and O–H groups in total. The van der Waals surface area contributed by atoms with Gasteiger partial charge in [-0.1, -0.05) is 0 Å². The third kappa shape index (κ3) is 2.92. The monoisotopic (exact) mass is 228 g/mol. The maximum Gasteiger partial charge on any atom is 0.248 e. The summed E-state index contributed by atoms with van der Waals surface area (Å²) in [6.07, 6.45) is 0. The topological polar surface area (TPSA) is 70.0 Å². The van der Waals surface area contributed by atoms with Crippen LogP contribution in [0.5, 0.6) is 0 Å². The second-order valence-corrected chi connectivity index (χ2v) is 4.93. The summed E-state index contributed by atoms with van der Waals surface area (Å²) in [6.45, 7) is 1.27. The summed E-state index contributed by atoms with van der Waals surface area (Å²) >= 11 is 0. The number of anilines is 1. The number of nitriles is 1. The van der Waals surface area contributed by atoms with Gasteiger partial charge in [-0.25, -0.2) is 12.8 Å². The Balaban J connectivity index is 2.88. The van der Waals surface area contributed by atoms with Crippen molar-refractivity contribution in [3.63, 3.8) is 0 Å². The van der Waals surface area contributed by atoms with Crippen LogP contribution in [0.4, 0.5) is 10.1 Å². The first-order chi connectivity index (χ1) is 6.95. The third-order valence-electron chi connectivity index (χ3n) is 1.75. The predicted octanol–water partition coefficient (Wildman–Crippen LogP) is 1.48. The molecule has 0 saturated carbocycles. The van der Waals surface area contributed by atoms with Crippen LogP contribution in [0.25, 0.3) is 0 Å². The summed E-state index contributed by atoms with van der Waals surface area (Å²) in [4.78, 5) is 0. The number of nitrogens with one attached hydrogen (secondary N) is 1. The van der Waals surface area contributed by atoms with Gasteiger partial charge in [0, 0.05) is 5.69 Å². The number of nitrogens with zero attached hydrogens (tertiary/aromatic N) is 1. The molecule has 0 saturated heterocycles. The Labute approximate surface area is 87.4 Å². The van der Waals surface area contributed by atoms with E-state index in [4.69, 9.17) is 5.26 Å². The van der Waals surface area contributed by atoms with Crippen LogP contribution in [0.2, 0.25) is 0 Å². The Morgan fingerprint density at radius 2 is 1.93 bits per heavy atom. The summed E-state index contributed by atoms with van der Waals surface area (Å²) in [5.41, 5.74) is 0.235. The zero-order chi connectivity index (χ0) is 11.5. The summed E-state index contributed by atoms with van der Waals surface area (Å²) in [7, 11) is -3.71. The Morgan fingerprint density at radius 1 is 1.40 bits per heavy atom. The van der Waals surface area contributed by atoms with E-state index in [-0.39, 0.29) is 5.69 Å². The van der Waals surface area contributed by atoms with Gasteiger partial charge in [0.15, 0.2) is 5.25 Å². The first-order valence-corrected chi connectivity index (χ1v) is 5.67. The maximum absolute atomic E-state index is 12.5. The van der Waals surface area contributed by atoms with Crippen molar-refractivity contribution in [3.8, 4) is 6.07 Å². The number of halogens is 1. The maximum atomic E-state index is 12.5. The molecule has 1 aromatic carbocycles. The second kappa shape index (κ2) is 4.28. The smallest absolute Gasteiger partial charge is 0.248 e. The van der Waals surface area contributed by atoms with Crippen molar-refractivity contribution in [1.82, 2.24) is 0 Å². The number of sulfonamides is 1. The minimum atomic E-state index is -3.71. The van der Waals surface area contributed by atoms with E-state index in [9.17, 15) is 12.8 Å². The molecule has 0 aliphatic carbocycles. The van der Waals surface area contributed by atoms with Crippen LogP contribution in [0.3, 0.4) is 0 Å². The molecule has 0 heterocycles. The molecule has 4 nitrogen and oxygen atoms in total. The van der Waals surface area contributed by atoms with Gasteiger partial charge in [-0.2, -0.15) is 5.26 Å². The third-order valence-corrected chi connectivity index (χ3v) is 3.31. The van der Waals surface area contributed by atoms with Crippen LogP contribution < -0.4 is 4.72 Å². The van der Waals surface area contributed by atoms with E-state index in [1.165, 1.54) is 19.1 Å². The van der Waals surface area contributed by atoms with Crippen LogP contribution in [-0.4, -0.2) is 13.7 Å². The van der Waals surface area contributed by atoms with Crippen LogP contribution in [0.15, 0.2) is 24.3 Å². The summed E-state index contributed by atoms with van der Waals surface area (Å²) < 4.78 is 37.5. The van der Waals surface area contributed by atoms with Gasteiger partial charge in [-0.15, -0.1) is 0 Å². The Kier molecular flexibility index (Phi) is 3.27. The molecule has 0 aromatic heterocycles. The van der Waals surface area contributed by atoms with Crippen LogP contribution >= 0.6 is 0 Å². The molecule has 6 heteroatoms. The van der Waals surface area contributed by atoms with Gasteiger partial charge in [0.2, 0.25) is 10.0 Å². The SMILES string of the molecule is CC(C#N)S(=O)(=O)Nc1ccc(F)cc1. The fourth-order valence-electron chi connectivity index (χ4n) is 0.840. The number of benzene rings is 1. The summed E-state index contributed by atoms with van der Waals surface area (Å²) in [5.74, 6) is -0.453. The van der Waals surface area contributed by atoms with Crippen molar-refractivity contribution >= 4 is 15.7 Å². The summed E-state index contributed by atoms with van der Waals surface area (Å²) in [6, 6.07) is 6.46. The lowest BCUT2D eigenvalue weighted by Crippen LogP contribution is -2.23. The van der Waals surface area contributed by atoms with Gasteiger partial charge in [-0.3, -0.25) is 4.72 Å². The first-order valence-electron chi connectivity index (χ1n) is 4.12. The molecular weight excluding hydrogens is 219 g/mol. The molecule has 0 amide bonds. The van der Waals surface area contributed by atoms with E-state index in [1.54, 1.807) is 6.07 Å². The van der Waals surface area contributed by atoms with E-state index in [2.05, 4.69) is 4.72 Å². The molecule has 1 rings (SSSR count). The van der Waals surface area contributed by atoms with Crippen molar-refractivity contribution in [2.75, 3.05) is 4.72 Å². The normalized spacial score (nSPS) is 12.9. The van der Waals surface area contributed by atoms with Crippen molar-refractivity contribution in [2.24, 2.45) is 0 Å². The Bertz CT molecular complexity index is 476. The molecule has 0 fully saturated rings. The molecule has 0 aliphatic heterocycles. The van der Waals surface area contributed by atoms with Gasteiger partial charge < -0.3 is 0 Å². The van der Waals surface area contributed by atoms with Gasteiger partial charge in [0.05, 0.1) is 6.07 Å². The van der Waals surface area contributed by atoms with Crippen molar-refractivity contribution in [1.29, 1.82) is 5.26 Å². The first kappa shape index (κ1) is 11.5. The van der Waals surface area contributed by atoms with Crippen molar-refractivity contribution < 1.29 is 12.8 Å². The van der Waals surface area contributed by atoms with E-state index >= 15 is 0 Å². The standard InChI is InChI=1S/C9H9FN2O2S/c1-7(6-11)15(13,14)12-9-4-2-8(10)3-5-9/h2-5,7,12H,1H3. The minimum Gasteiger partial charge on any atom is -0.282 e. The lowest BCUT2D eigenvalue weighted by molar-refractivity contribution is 0.597. The highest BCUT2D eigenvalue weighted by Gasteiger charge is 2.19. The average molecular weight is 228 g/mol. The molecular formula is C9H9FN2O2S. The van der Waals surface area contributed by atoms with E-state index in [0.717, 1.165) is 12.1 Å². The number of rotatable bonds is 3. The number of hydrogen-bond donors (Lipinski definition) is 1. The zero-order valence-corrected chi connectivity index (χ0v) is 8.75. The lowest BCUT2D eigenvalue weighted by atomic mass is 10.3. The minimum absolute atomic E-state index is 0.235. The lowest BCUT2D eigenvalue weighted by Gasteiger charge is -2.08. The van der Waals surface area contributed by atoms with Gasteiger partial charge >= 0.3 is 0 Å². The molecule has 1 atom stereocenters. The van der Waals surface area contributed by atoms with Gasteiger partial charge in [-0.05, 0) is 31.2 Å². The van der Waals surface area contributed by atoms with E-state index in [1.807, 2.05) is 0 Å². The molecule has 80 valence electrons. The molecule has 0 radical (unpaired) electrons. The largest absolute Gasteiger partial charge is 0.282 e. The second-order valence-electron chi connectivity index (χ2n) is 2.93.